The lowest BCUT2D eigenvalue weighted by Gasteiger charge is -2.20. The Morgan fingerprint density at radius 1 is 1.44 bits per heavy atom. The Bertz CT molecular complexity index is 1030. The Hall–Kier alpha value is -2.88. The quantitative estimate of drug-likeness (QED) is 0.626. The molecule has 4 rings (SSSR count). The van der Waals surface area contributed by atoms with Gasteiger partial charge >= 0.3 is 16.4 Å². The second kappa shape index (κ2) is 6.38. The maximum absolute atomic E-state index is 12.2. The summed E-state index contributed by atoms with van der Waals surface area (Å²) in [5, 5.41) is 7.62. The molecule has 0 saturated carbocycles. The van der Waals surface area contributed by atoms with E-state index in [2.05, 4.69) is 24.1 Å². The van der Waals surface area contributed by atoms with Crippen LogP contribution in [0.4, 0.5) is 9.93 Å². The number of carbonyl (C=O) groups excluding carboxylic acids is 2. The third-order valence-electron chi connectivity index (χ3n) is 3.78. The Balaban J connectivity index is 1.53. The van der Waals surface area contributed by atoms with E-state index in [0.29, 0.717) is 15.9 Å². The van der Waals surface area contributed by atoms with Crippen LogP contribution in [-0.4, -0.2) is 73.1 Å². The van der Waals surface area contributed by atoms with Crippen LogP contribution in [0.5, 0.6) is 0 Å². The van der Waals surface area contributed by atoms with Crippen molar-refractivity contribution >= 4 is 44.7 Å². The van der Waals surface area contributed by atoms with Crippen LogP contribution in [0, 0.1) is 0 Å². The minimum atomic E-state index is -4.83. The number of hydrogen-bond donors (Lipinski definition) is 2. The van der Waals surface area contributed by atoms with Crippen LogP contribution >= 0.6 is 11.5 Å². The topological polar surface area (TPSA) is 160 Å². The molecule has 3 amide bonds. The molecule has 0 aromatic carbocycles. The lowest BCUT2D eigenvalue weighted by atomic mass is 10.2. The van der Waals surface area contributed by atoms with Crippen LogP contribution in [-0.2, 0) is 14.7 Å². The molecule has 1 saturated heterocycles. The number of amides is 3. The lowest BCUT2D eigenvalue weighted by Crippen LogP contribution is -2.35. The molecule has 2 aliphatic rings. The first-order valence-corrected chi connectivity index (χ1v) is 9.54. The highest BCUT2D eigenvalue weighted by atomic mass is 32.3. The second-order valence-electron chi connectivity index (χ2n) is 5.56. The van der Waals surface area contributed by atoms with Crippen molar-refractivity contribution in [2.24, 2.45) is 0 Å². The number of nitrogens with one attached hydrogen (secondary N) is 1. The summed E-state index contributed by atoms with van der Waals surface area (Å²) in [4.78, 5) is 29.5. The fraction of sp³-hybridized carbons (Fsp3) is 0.250. The molecule has 4 heterocycles. The average Bonchev–Trinajstić information content (AvgIpc) is 3.32. The van der Waals surface area contributed by atoms with Crippen molar-refractivity contribution in [1.82, 2.24) is 29.1 Å². The summed E-state index contributed by atoms with van der Waals surface area (Å²) in [6.45, 7) is 0.323. The van der Waals surface area contributed by atoms with Crippen LogP contribution in [0.15, 0.2) is 24.7 Å². The number of nitrogens with zero attached hydrogens (tertiary/aromatic N) is 6. The Kier molecular flexibility index (Phi) is 4.14. The summed E-state index contributed by atoms with van der Waals surface area (Å²) in [5.41, 5.74) is 0.660. The van der Waals surface area contributed by atoms with Gasteiger partial charge in [-0.1, -0.05) is 0 Å². The van der Waals surface area contributed by atoms with Gasteiger partial charge in [0.05, 0.1) is 12.2 Å². The summed E-state index contributed by atoms with van der Waals surface area (Å²) >= 11 is 1.02. The van der Waals surface area contributed by atoms with E-state index in [-0.39, 0.29) is 18.8 Å². The van der Waals surface area contributed by atoms with E-state index in [1.807, 2.05) is 0 Å². The van der Waals surface area contributed by atoms with Gasteiger partial charge in [-0.15, -0.1) is 4.28 Å². The number of urea groups is 1. The van der Waals surface area contributed by atoms with Crippen LogP contribution in [0.1, 0.15) is 10.5 Å². The fourth-order valence-electron chi connectivity index (χ4n) is 2.71. The second-order valence-corrected chi connectivity index (χ2v) is 7.35. The van der Waals surface area contributed by atoms with E-state index in [0.717, 1.165) is 11.5 Å². The predicted molar refractivity (Wildman–Crippen MR) is 89.6 cm³/mol. The minimum Gasteiger partial charge on any atom is -0.314 e. The molecule has 0 radical (unpaired) electrons. The zero-order valence-electron chi connectivity index (χ0n) is 13.3. The van der Waals surface area contributed by atoms with Gasteiger partial charge in [0.2, 0.25) is 5.13 Å². The molecule has 1 atom stereocenters. The van der Waals surface area contributed by atoms with Crippen molar-refractivity contribution in [2.45, 2.75) is 6.04 Å². The first-order chi connectivity index (χ1) is 12.8. The van der Waals surface area contributed by atoms with E-state index in [4.69, 9.17) is 4.55 Å². The Labute approximate surface area is 155 Å². The van der Waals surface area contributed by atoms with Gasteiger partial charge < -0.3 is 4.90 Å². The van der Waals surface area contributed by atoms with Crippen molar-refractivity contribution in [2.75, 3.05) is 18.4 Å². The molecule has 0 spiro atoms. The summed E-state index contributed by atoms with van der Waals surface area (Å²) < 4.78 is 40.1. The zero-order valence-corrected chi connectivity index (χ0v) is 14.9. The molecule has 2 aromatic heterocycles. The number of hydroxylamine groups is 2. The van der Waals surface area contributed by atoms with Crippen molar-refractivity contribution in [3.05, 3.63) is 30.4 Å². The number of carbonyl (C=O) groups is 2. The van der Waals surface area contributed by atoms with Crippen molar-refractivity contribution in [3.8, 4) is 0 Å². The molecule has 1 fully saturated rings. The van der Waals surface area contributed by atoms with Gasteiger partial charge in [0.1, 0.15) is 12.4 Å². The smallest absolute Gasteiger partial charge is 0.314 e. The highest BCUT2D eigenvalue weighted by Crippen LogP contribution is 2.27. The normalized spacial score (nSPS) is 19.4. The molecule has 142 valence electrons. The molecular weight excluding hydrogens is 402 g/mol. The van der Waals surface area contributed by atoms with Crippen molar-refractivity contribution in [1.29, 1.82) is 0 Å². The zero-order chi connectivity index (χ0) is 19.2. The van der Waals surface area contributed by atoms with E-state index in [1.165, 1.54) is 28.2 Å². The van der Waals surface area contributed by atoms with Crippen LogP contribution in [0.2, 0.25) is 0 Å². The average molecular weight is 413 g/mol. The number of aromatic nitrogens is 4. The molecule has 2 bridgehead atoms. The molecule has 2 aliphatic heterocycles. The van der Waals surface area contributed by atoms with E-state index in [1.54, 1.807) is 6.08 Å². The molecule has 13 nitrogen and oxygen atoms in total. The molecular formula is C12H11N7O6S2. The highest BCUT2D eigenvalue weighted by molar-refractivity contribution is 7.80. The SMILES string of the molecule is O=C(Nc1ncns1)c1ccn(C2=CC3CN(C2)C(=O)N3OS(=O)(=O)O)n1. The molecule has 27 heavy (non-hydrogen) atoms. The number of anilines is 1. The number of fused-ring (bicyclic) bond motifs is 2. The van der Waals surface area contributed by atoms with Crippen LogP contribution < -0.4 is 5.32 Å². The van der Waals surface area contributed by atoms with Gasteiger partial charge in [0, 0.05) is 24.3 Å². The van der Waals surface area contributed by atoms with Gasteiger partial charge in [-0.25, -0.2) is 14.5 Å². The van der Waals surface area contributed by atoms with Crippen LogP contribution in [0.3, 0.4) is 0 Å². The van der Waals surface area contributed by atoms with Gasteiger partial charge in [0.25, 0.3) is 5.91 Å². The Morgan fingerprint density at radius 2 is 2.26 bits per heavy atom. The monoisotopic (exact) mass is 413 g/mol. The van der Waals surface area contributed by atoms with Gasteiger partial charge in [-0.05, 0) is 12.1 Å². The van der Waals surface area contributed by atoms with E-state index in [9.17, 15) is 18.0 Å². The maximum Gasteiger partial charge on any atom is 0.418 e. The van der Waals surface area contributed by atoms with Gasteiger partial charge in [-0.3, -0.25) is 14.7 Å². The Morgan fingerprint density at radius 3 is 2.96 bits per heavy atom. The molecule has 2 N–H and O–H groups in total. The maximum atomic E-state index is 12.2. The number of rotatable bonds is 5. The minimum absolute atomic E-state index is 0.122. The molecule has 1 unspecified atom stereocenters. The lowest BCUT2D eigenvalue weighted by molar-refractivity contribution is -0.0183. The standard InChI is InChI=1S/C12H11N7O6S2/c20-10(15-11-13-6-14-26-11)9-1-2-18(16-9)7-3-8-5-17(4-7)12(21)19(8)25-27(22,23)24/h1-3,6,8H,4-5H2,(H,22,23,24)(H,13,14,15,20). The summed E-state index contributed by atoms with van der Waals surface area (Å²) in [6.07, 6.45) is 4.42. The first-order valence-electron chi connectivity index (χ1n) is 7.40. The molecule has 0 aliphatic carbocycles. The third-order valence-corrected chi connectivity index (χ3v) is 4.71. The molecule has 2 aromatic rings. The largest absolute Gasteiger partial charge is 0.418 e. The summed E-state index contributed by atoms with van der Waals surface area (Å²) in [6, 6.07) is 0.0495. The highest BCUT2D eigenvalue weighted by Gasteiger charge is 2.43. The van der Waals surface area contributed by atoms with Crippen molar-refractivity contribution in [3.63, 3.8) is 0 Å². The van der Waals surface area contributed by atoms with E-state index < -0.39 is 28.4 Å². The van der Waals surface area contributed by atoms with Crippen molar-refractivity contribution < 1.29 is 26.8 Å². The fourth-order valence-corrected chi connectivity index (χ4v) is 3.52. The van der Waals surface area contributed by atoms with Gasteiger partial charge in [0.15, 0.2) is 5.69 Å². The summed E-state index contributed by atoms with van der Waals surface area (Å²) in [5.74, 6) is -0.474. The van der Waals surface area contributed by atoms with Crippen LogP contribution in [0.25, 0.3) is 5.70 Å². The first kappa shape index (κ1) is 17.5. The van der Waals surface area contributed by atoms with Gasteiger partial charge in [-0.2, -0.15) is 23.0 Å². The molecule has 15 heteroatoms. The predicted octanol–water partition coefficient (Wildman–Crippen LogP) is -0.318. The number of hydrogen-bond acceptors (Lipinski definition) is 9. The van der Waals surface area contributed by atoms with E-state index >= 15 is 0 Å². The third kappa shape index (κ3) is 3.52. The summed E-state index contributed by atoms with van der Waals surface area (Å²) in [7, 11) is -4.83.